The largest absolute Gasteiger partial charge is 0.397 e. The van der Waals surface area contributed by atoms with Gasteiger partial charge in [0.1, 0.15) is 0 Å². The fraction of sp³-hybridized carbons (Fsp3) is 0.316. The highest BCUT2D eigenvalue weighted by Gasteiger charge is 2.15. The topological polar surface area (TPSA) is 58.4 Å². The minimum atomic E-state index is -0.202. The Morgan fingerprint density at radius 1 is 1.12 bits per heavy atom. The maximum Gasteiger partial charge on any atom is 0.255 e. The van der Waals surface area contributed by atoms with Crippen molar-refractivity contribution in [2.24, 2.45) is 0 Å². The Kier molecular flexibility index (Phi) is 5.09. The molecule has 0 heterocycles. The van der Waals surface area contributed by atoms with Gasteiger partial charge in [-0.15, -0.1) is 0 Å². The summed E-state index contributed by atoms with van der Waals surface area (Å²) in [7, 11) is 3.77. The van der Waals surface area contributed by atoms with Crippen LogP contribution in [0, 0.1) is 0 Å². The number of nitrogens with two attached hydrogens (primary N) is 1. The summed E-state index contributed by atoms with van der Waals surface area (Å²) in [6.45, 7) is 6.41. The van der Waals surface area contributed by atoms with Gasteiger partial charge in [0, 0.05) is 19.7 Å². The number of rotatable bonds is 3. The molecule has 0 saturated heterocycles. The third-order valence-electron chi connectivity index (χ3n) is 3.86. The molecule has 3 N–H and O–H groups in total. The van der Waals surface area contributed by atoms with E-state index in [4.69, 9.17) is 17.3 Å². The second-order valence-corrected chi connectivity index (χ2v) is 7.47. The fourth-order valence-electron chi connectivity index (χ4n) is 2.38. The first-order chi connectivity index (χ1) is 11.1. The molecule has 0 saturated carbocycles. The van der Waals surface area contributed by atoms with Crippen LogP contribution in [-0.2, 0) is 5.41 Å². The number of nitrogen functional groups attached to an aromatic ring is 1. The highest BCUT2D eigenvalue weighted by molar-refractivity contribution is 6.34. The fourth-order valence-corrected chi connectivity index (χ4v) is 2.60. The zero-order chi connectivity index (χ0) is 18.1. The smallest absolute Gasteiger partial charge is 0.255 e. The summed E-state index contributed by atoms with van der Waals surface area (Å²) in [5, 5.41) is 3.27. The van der Waals surface area contributed by atoms with E-state index in [9.17, 15) is 4.79 Å². The Hall–Kier alpha value is -2.20. The molecule has 5 heteroatoms. The molecule has 4 nitrogen and oxygen atoms in total. The molecule has 0 spiro atoms. The molecule has 0 aliphatic heterocycles. The molecule has 0 fully saturated rings. The lowest BCUT2D eigenvalue weighted by molar-refractivity contribution is 0.102. The van der Waals surface area contributed by atoms with Crippen molar-refractivity contribution in [3.8, 4) is 0 Å². The van der Waals surface area contributed by atoms with Crippen LogP contribution in [0.15, 0.2) is 36.4 Å². The number of hydrogen-bond donors (Lipinski definition) is 2. The number of nitrogens with one attached hydrogen (secondary N) is 1. The summed E-state index contributed by atoms with van der Waals surface area (Å²) in [6.07, 6.45) is 0. The van der Waals surface area contributed by atoms with Gasteiger partial charge in [-0.05, 0) is 35.2 Å². The molecule has 0 bridgehead atoms. The first kappa shape index (κ1) is 18.1. The van der Waals surface area contributed by atoms with Crippen molar-refractivity contribution in [1.82, 2.24) is 0 Å². The molecule has 24 heavy (non-hydrogen) atoms. The third kappa shape index (κ3) is 4.01. The standard InChI is InChI=1S/C19H24ClN3O/c1-19(2,3)13-8-6-12(7-9-13)18(24)22-16-11-17(23(4)5)15(21)10-14(16)20/h6-11H,21H2,1-5H3,(H,22,24). The average molecular weight is 346 g/mol. The number of carbonyl (C=O) groups excluding carboxylic acids is 1. The molecular formula is C19H24ClN3O. The summed E-state index contributed by atoms with van der Waals surface area (Å²) in [5.41, 5.74) is 9.68. The van der Waals surface area contributed by atoms with E-state index in [1.807, 2.05) is 43.3 Å². The van der Waals surface area contributed by atoms with E-state index in [0.717, 1.165) is 5.69 Å². The van der Waals surface area contributed by atoms with Gasteiger partial charge in [-0.1, -0.05) is 44.5 Å². The summed E-state index contributed by atoms with van der Waals surface area (Å²) < 4.78 is 0. The first-order valence-electron chi connectivity index (χ1n) is 7.78. The molecular weight excluding hydrogens is 322 g/mol. The van der Waals surface area contributed by atoms with Crippen molar-refractivity contribution in [3.05, 3.63) is 52.5 Å². The number of anilines is 3. The molecule has 2 aromatic rings. The van der Waals surface area contributed by atoms with E-state index in [1.54, 1.807) is 12.1 Å². The Morgan fingerprint density at radius 3 is 2.21 bits per heavy atom. The van der Waals surface area contributed by atoms with Crippen LogP contribution in [0.25, 0.3) is 0 Å². The minimum absolute atomic E-state index is 0.0515. The Bertz CT molecular complexity index is 746. The molecule has 128 valence electrons. The van der Waals surface area contributed by atoms with Gasteiger partial charge in [0.25, 0.3) is 5.91 Å². The van der Waals surface area contributed by atoms with Gasteiger partial charge in [-0.2, -0.15) is 0 Å². The number of amides is 1. The molecule has 2 rings (SSSR count). The monoisotopic (exact) mass is 345 g/mol. The van der Waals surface area contributed by atoms with Crippen molar-refractivity contribution >= 4 is 34.6 Å². The number of hydrogen-bond acceptors (Lipinski definition) is 3. The van der Waals surface area contributed by atoms with Crippen LogP contribution < -0.4 is 16.0 Å². The zero-order valence-corrected chi connectivity index (χ0v) is 15.5. The maximum absolute atomic E-state index is 12.5. The quantitative estimate of drug-likeness (QED) is 0.803. The maximum atomic E-state index is 12.5. The first-order valence-corrected chi connectivity index (χ1v) is 8.15. The van der Waals surface area contributed by atoms with E-state index in [0.29, 0.717) is 22.0 Å². The van der Waals surface area contributed by atoms with Gasteiger partial charge in [0.05, 0.1) is 22.1 Å². The van der Waals surface area contributed by atoms with Crippen molar-refractivity contribution < 1.29 is 4.79 Å². The minimum Gasteiger partial charge on any atom is -0.397 e. The molecule has 0 unspecified atom stereocenters. The van der Waals surface area contributed by atoms with E-state index in [1.165, 1.54) is 5.56 Å². The second-order valence-electron chi connectivity index (χ2n) is 7.07. The number of nitrogens with zero attached hydrogens (tertiary/aromatic N) is 1. The van der Waals surface area contributed by atoms with Gasteiger partial charge in [0.15, 0.2) is 0 Å². The van der Waals surface area contributed by atoms with Crippen LogP contribution in [0.1, 0.15) is 36.7 Å². The van der Waals surface area contributed by atoms with Gasteiger partial charge in [-0.3, -0.25) is 4.79 Å². The molecule has 0 aliphatic carbocycles. The van der Waals surface area contributed by atoms with Crippen LogP contribution in [0.4, 0.5) is 17.1 Å². The summed E-state index contributed by atoms with van der Waals surface area (Å²) >= 11 is 6.21. The Balaban J connectivity index is 2.25. The van der Waals surface area contributed by atoms with Gasteiger partial charge < -0.3 is 16.0 Å². The zero-order valence-electron chi connectivity index (χ0n) is 14.8. The molecule has 0 atom stereocenters. The Labute approximate surface area is 148 Å². The Morgan fingerprint density at radius 2 is 1.71 bits per heavy atom. The average Bonchev–Trinajstić information content (AvgIpc) is 2.48. The summed E-state index contributed by atoms with van der Waals surface area (Å²) in [5.74, 6) is -0.202. The van der Waals surface area contributed by atoms with E-state index in [2.05, 4.69) is 26.1 Å². The second kappa shape index (κ2) is 6.73. The van der Waals surface area contributed by atoms with Crippen LogP contribution in [0.2, 0.25) is 5.02 Å². The molecule has 0 aliphatic rings. The van der Waals surface area contributed by atoms with E-state index >= 15 is 0 Å². The highest BCUT2D eigenvalue weighted by atomic mass is 35.5. The SMILES string of the molecule is CN(C)c1cc(NC(=O)c2ccc(C(C)(C)C)cc2)c(Cl)cc1N. The highest BCUT2D eigenvalue weighted by Crippen LogP contribution is 2.33. The summed E-state index contributed by atoms with van der Waals surface area (Å²) in [6, 6.07) is 11.0. The van der Waals surface area contributed by atoms with Crippen LogP contribution in [-0.4, -0.2) is 20.0 Å². The lowest BCUT2D eigenvalue weighted by atomic mass is 9.87. The summed E-state index contributed by atoms with van der Waals surface area (Å²) in [4.78, 5) is 14.4. The molecule has 2 aromatic carbocycles. The normalized spacial score (nSPS) is 11.2. The number of halogens is 1. The number of benzene rings is 2. The number of carbonyl (C=O) groups is 1. The van der Waals surface area contributed by atoms with Crippen molar-refractivity contribution in [3.63, 3.8) is 0 Å². The van der Waals surface area contributed by atoms with Crippen molar-refractivity contribution in [1.29, 1.82) is 0 Å². The van der Waals surface area contributed by atoms with Crippen LogP contribution >= 0.6 is 11.6 Å². The van der Waals surface area contributed by atoms with Gasteiger partial charge >= 0.3 is 0 Å². The lowest BCUT2D eigenvalue weighted by Gasteiger charge is -2.19. The van der Waals surface area contributed by atoms with Gasteiger partial charge in [-0.25, -0.2) is 0 Å². The predicted molar refractivity (Wildman–Crippen MR) is 103 cm³/mol. The molecule has 0 aromatic heterocycles. The predicted octanol–water partition coefficient (Wildman–Crippen LogP) is 4.54. The van der Waals surface area contributed by atoms with Crippen molar-refractivity contribution in [2.75, 3.05) is 30.0 Å². The molecule has 1 amide bonds. The third-order valence-corrected chi connectivity index (χ3v) is 4.17. The van der Waals surface area contributed by atoms with E-state index < -0.39 is 0 Å². The van der Waals surface area contributed by atoms with E-state index in [-0.39, 0.29) is 11.3 Å². The molecule has 0 radical (unpaired) electrons. The van der Waals surface area contributed by atoms with Gasteiger partial charge in [0.2, 0.25) is 0 Å². The van der Waals surface area contributed by atoms with Crippen molar-refractivity contribution in [2.45, 2.75) is 26.2 Å². The van der Waals surface area contributed by atoms with Crippen LogP contribution in [0.3, 0.4) is 0 Å². The van der Waals surface area contributed by atoms with Crippen LogP contribution in [0.5, 0.6) is 0 Å². The lowest BCUT2D eigenvalue weighted by Crippen LogP contribution is -2.16.